The average Bonchev–Trinajstić information content (AvgIpc) is 3.04. The lowest BCUT2D eigenvalue weighted by Gasteiger charge is -2.25. The fourth-order valence-electron chi connectivity index (χ4n) is 4.40. The molecule has 9 heteroatoms. The average molecular weight is 489 g/mol. The molecule has 33 heavy (non-hydrogen) atoms. The van der Waals surface area contributed by atoms with Crippen molar-refractivity contribution in [1.82, 2.24) is 0 Å². The Hall–Kier alpha value is -2.90. The number of ether oxygens (including phenoxy) is 1. The van der Waals surface area contributed by atoms with E-state index in [9.17, 15) is 19.2 Å². The summed E-state index contributed by atoms with van der Waals surface area (Å²) in [4.78, 5) is 51.6. The van der Waals surface area contributed by atoms with Crippen molar-refractivity contribution < 1.29 is 23.9 Å². The molecule has 1 heterocycles. The summed E-state index contributed by atoms with van der Waals surface area (Å²) in [6.45, 7) is 1.57. The fraction of sp³-hybridized carbons (Fsp3) is 0.333. The van der Waals surface area contributed by atoms with E-state index in [0.29, 0.717) is 35.2 Å². The number of carbonyl (C=O) groups is 4. The number of rotatable bonds is 5. The number of halogens is 2. The molecule has 3 atom stereocenters. The van der Waals surface area contributed by atoms with Crippen LogP contribution in [0.15, 0.2) is 42.5 Å². The van der Waals surface area contributed by atoms with Crippen LogP contribution in [0.2, 0.25) is 10.0 Å². The Labute approximate surface area is 201 Å². The molecule has 1 aliphatic carbocycles. The van der Waals surface area contributed by atoms with E-state index in [1.807, 2.05) is 0 Å². The molecule has 4 rings (SSSR count). The van der Waals surface area contributed by atoms with E-state index in [1.165, 1.54) is 29.2 Å². The number of nitrogens with zero attached hydrogens (tertiary/aromatic N) is 1. The Balaban J connectivity index is 1.40. The Morgan fingerprint density at radius 1 is 1.03 bits per heavy atom. The molecule has 1 N–H and O–H groups in total. The van der Waals surface area contributed by atoms with Gasteiger partial charge in [0, 0.05) is 5.69 Å². The van der Waals surface area contributed by atoms with Crippen LogP contribution in [0.4, 0.5) is 11.4 Å². The molecule has 2 aromatic rings. The third-order valence-corrected chi connectivity index (χ3v) is 6.80. The Morgan fingerprint density at radius 2 is 1.79 bits per heavy atom. The minimum atomic E-state index is -0.744. The van der Waals surface area contributed by atoms with Crippen molar-refractivity contribution in [3.63, 3.8) is 0 Å². The lowest BCUT2D eigenvalue weighted by atomic mass is 9.76. The van der Waals surface area contributed by atoms with Crippen molar-refractivity contribution in [3.8, 4) is 0 Å². The Bertz CT molecular complexity index is 1140. The second-order valence-corrected chi connectivity index (χ2v) is 9.26. The summed E-state index contributed by atoms with van der Waals surface area (Å²) in [6, 6.07) is 10.7. The lowest BCUT2D eigenvalue weighted by Crippen LogP contribution is -2.31. The molecule has 0 spiro atoms. The van der Waals surface area contributed by atoms with E-state index < -0.39 is 18.5 Å². The first-order valence-electron chi connectivity index (χ1n) is 10.6. The van der Waals surface area contributed by atoms with Gasteiger partial charge in [-0.3, -0.25) is 19.3 Å². The smallest absolute Gasteiger partial charge is 0.338 e. The first-order valence-corrected chi connectivity index (χ1v) is 11.4. The summed E-state index contributed by atoms with van der Waals surface area (Å²) in [5.74, 6) is -1.94. The highest BCUT2D eigenvalue weighted by Crippen LogP contribution is 2.42. The number of fused-ring (bicyclic) bond motifs is 1. The zero-order valence-electron chi connectivity index (χ0n) is 17.8. The van der Waals surface area contributed by atoms with Gasteiger partial charge in [-0.15, -0.1) is 0 Å². The molecular weight excluding hydrogens is 467 g/mol. The zero-order chi connectivity index (χ0) is 23.7. The number of hydrogen-bond acceptors (Lipinski definition) is 5. The summed E-state index contributed by atoms with van der Waals surface area (Å²) in [5.41, 5.74) is 0.884. The van der Waals surface area contributed by atoms with E-state index in [1.54, 1.807) is 18.2 Å². The highest BCUT2D eigenvalue weighted by molar-refractivity contribution is 6.42. The Morgan fingerprint density at radius 3 is 2.55 bits per heavy atom. The monoisotopic (exact) mass is 488 g/mol. The molecule has 2 fully saturated rings. The molecule has 1 aliphatic heterocycles. The van der Waals surface area contributed by atoms with Crippen LogP contribution in [0.25, 0.3) is 0 Å². The van der Waals surface area contributed by atoms with E-state index in [2.05, 4.69) is 12.2 Å². The fourth-order valence-corrected chi connectivity index (χ4v) is 4.70. The molecule has 3 amide bonds. The summed E-state index contributed by atoms with van der Waals surface area (Å²) < 4.78 is 5.10. The molecule has 0 unspecified atom stereocenters. The van der Waals surface area contributed by atoms with Gasteiger partial charge in [-0.2, -0.15) is 0 Å². The van der Waals surface area contributed by atoms with E-state index in [0.717, 1.165) is 6.42 Å². The zero-order valence-corrected chi connectivity index (χ0v) is 19.4. The lowest BCUT2D eigenvalue weighted by molar-refractivity contribution is -0.122. The SMILES string of the molecule is C[C@@H]1CC[C@H]2C(=O)N(c3cccc(C(=O)OCC(=O)Nc4ccc(Cl)c(Cl)c4)c3)C(=O)[C@H]2C1. The van der Waals surface area contributed by atoms with E-state index >= 15 is 0 Å². The van der Waals surface area contributed by atoms with Crippen LogP contribution in [0, 0.1) is 17.8 Å². The third kappa shape index (κ3) is 4.89. The van der Waals surface area contributed by atoms with Gasteiger partial charge in [0.15, 0.2) is 6.61 Å². The molecule has 7 nitrogen and oxygen atoms in total. The summed E-state index contributed by atoms with van der Waals surface area (Å²) in [5, 5.41) is 3.19. The van der Waals surface area contributed by atoms with Crippen molar-refractivity contribution in [2.75, 3.05) is 16.8 Å². The maximum atomic E-state index is 12.9. The normalized spacial score (nSPS) is 22.2. The second kappa shape index (κ2) is 9.53. The quantitative estimate of drug-likeness (QED) is 0.485. The van der Waals surface area contributed by atoms with E-state index in [-0.39, 0.29) is 34.2 Å². The molecule has 2 aromatic carbocycles. The van der Waals surface area contributed by atoms with Gasteiger partial charge < -0.3 is 10.1 Å². The number of carbonyl (C=O) groups excluding carboxylic acids is 4. The molecular formula is C24H22Cl2N2O5. The van der Waals surface area contributed by atoms with Crippen molar-refractivity contribution in [3.05, 3.63) is 58.1 Å². The van der Waals surface area contributed by atoms with Crippen molar-refractivity contribution >= 4 is 58.3 Å². The van der Waals surface area contributed by atoms with Crippen LogP contribution in [-0.4, -0.2) is 30.3 Å². The van der Waals surface area contributed by atoms with Gasteiger partial charge >= 0.3 is 5.97 Å². The second-order valence-electron chi connectivity index (χ2n) is 8.45. The largest absolute Gasteiger partial charge is 0.452 e. The van der Waals surface area contributed by atoms with Crippen LogP contribution in [0.3, 0.4) is 0 Å². The minimum Gasteiger partial charge on any atom is -0.452 e. The third-order valence-electron chi connectivity index (χ3n) is 6.07. The highest BCUT2D eigenvalue weighted by Gasteiger charge is 2.50. The van der Waals surface area contributed by atoms with Crippen LogP contribution < -0.4 is 10.2 Å². The molecule has 0 radical (unpaired) electrons. The summed E-state index contributed by atoms with van der Waals surface area (Å²) in [7, 11) is 0. The first kappa shape index (κ1) is 23.3. The molecule has 172 valence electrons. The number of benzene rings is 2. The number of imide groups is 1. The number of hydrogen-bond donors (Lipinski definition) is 1. The number of esters is 1. The van der Waals surface area contributed by atoms with Gasteiger partial charge in [0.05, 0.1) is 33.1 Å². The van der Waals surface area contributed by atoms with Crippen molar-refractivity contribution in [2.45, 2.75) is 26.2 Å². The Kier molecular flexibility index (Phi) is 6.72. The molecule has 1 saturated carbocycles. The standard InChI is InChI=1S/C24H22Cl2N2O5/c1-13-5-7-17-18(9-13)23(31)28(22(17)30)16-4-2-3-14(10-16)24(32)33-12-21(29)27-15-6-8-19(25)20(26)11-15/h2-4,6,8,10-11,13,17-18H,5,7,9,12H2,1H3,(H,27,29)/t13-,17-,18+/m1/s1. The topological polar surface area (TPSA) is 92.8 Å². The van der Waals surface area contributed by atoms with Gasteiger partial charge in [-0.1, -0.05) is 36.2 Å². The van der Waals surface area contributed by atoms with Gasteiger partial charge in [-0.25, -0.2) is 4.79 Å². The van der Waals surface area contributed by atoms with Crippen LogP contribution in [-0.2, 0) is 19.1 Å². The molecule has 0 bridgehead atoms. The molecule has 0 aromatic heterocycles. The highest BCUT2D eigenvalue weighted by atomic mass is 35.5. The predicted molar refractivity (Wildman–Crippen MR) is 124 cm³/mol. The van der Waals surface area contributed by atoms with Gasteiger partial charge in [-0.05, 0) is 61.6 Å². The van der Waals surface area contributed by atoms with Crippen molar-refractivity contribution in [1.29, 1.82) is 0 Å². The maximum Gasteiger partial charge on any atom is 0.338 e. The van der Waals surface area contributed by atoms with Crippen LogP contribution in [0.5, 0.6) is 0 Å². The van der Waals surface area contributed by atoms with Gasteiger partial charge in [0.2, 0.25) is 11.8 Å². The molecule has 2 aliphatic rings. The predicted octanol–water partition coefficient (Wildman–Crippen LogP) is 4.71. The van der Waals surface area contributed by atoms with Gasteiger partial charge in [0.1, 0.15) is 0 Å². The number of anilines is 2. The van der Waals surface area contributed by atoms with E-state index in [4.69, 9.17) is 27.9 Å². The maximum absolute atomic E-state index is 12.9. The number of nitrogens with one attached hydrogen (secondary N) is 1. The summed E-state index contributed by atoms with van der Waals surface area (Å²) in [6.07, 6.45) is 2.31. The molecule has 1 saturated heterocycles. The van der Waals surface area contributed by atoms with Crippen LogP contribution >= 0.6 is 23.2 Å². The van der Waals surface area contributed by atoms with Crippen molar-refractivity contribution in [2.24, 2.45) is 17.8 Å². The van der Waals surface area contributed by atoms with Crippen LogP contribution in [0.1, 0.15) is 36.5 Å². The minimum absolute atomic E-state index is 0.138. The number of amides is 3. The van der Waals surface area contributed by atoms with Gasteiger partial charge in [0.25, 0.3) is 5.91 Å². The first-order chi connectivity index (χ1) is 15.7. The summed E-state index contributed by atoms with van der Waals surface area (Å²) >= 11 is 11.8.